The molecule has 0 radical (unpaired) electrons. The van der Waals surface area contributed by atoms with Crippen LogP contribution in [0.15, 0.2) is 12.2 Å². The van der Waals surface area contributed by atoms with E-state index in [1.807, 2.05) is 6.08 Å². The number of hydrogen-bond acceptors (Lipinski definition) is 3. The van der Waals surface area contributed by atoms with Gasteiger partial charge in [0.25, 0.3) is 0 Å². The van der Waals surface area contributed by atoms with Gasteiger partial charge in [0.15, 0.2) is 0 Å². The molecule has 0 aliphatic rings. The van der Waals surface area contributed by atoms with E-state index in [9.17, 15) is 15.0 Å². The molecule has 0 saturated carbocycles. The molecule has 0 aromatic carbocycles. The van der Waals surface area contributed by atoms with Crippen molar-refractivity contribution in [3.8, 4) is 0 Å². The Balaban J connectivity index is 3.70. The number of nitrogens with one attached hydrogen (secondary N) is 1. The second-order valence-electron chi connectivity index (χ2n) is 9.47. The number of aliphatic hydroxyl groups excluding tert-OH is 2. The standard InChI is InChI=1S/C28H55NO3/c1-3-5-7-9-11-12-13-14-15-16-18-19-21-23-27(31)26(25-30)29-28(32)24-22-20-17-10-8-6-4-2/h21,23,26-27,30-31H,3-20,22,24-25H2,1-2H3,(H,29,32)/b23-21-/t26-,27+/m0/s1. The predicted octanol–water partition coefficient (Wildman–Crippen LogP) is 7.22. The summed E-state index contributed by atoms with van der Waals surface area (Å²) in [5.41, 5.74) is 0. The lowest BCUT2D eigenvalue weighted by molar-refractivity contribution is -0.123. The molecule has 1 amide bonds. The Labute approximate surface area is 199 Å². The zero-order valence-corrected chi connectivity index (χ0v) is 21.5. The fraction of sp³-hybridized carbons (Fsp3) is 0.893. The van der Waals surface area contributed by atoms with Crippen LogP contribution in [0.3, 0.4) is 0 Å². The molecule has 0 fully saturated rings. The van der Waals surface area contributed by atoms with Crippen LogP contribution in [0.4, 0.5) is 0 Å². The van der Waals surface area contributed by atoms with E-state index in [2.05, 4.69) is 19.2 Å². The van der Waals surface area contributed by atoms with Crippen LogP contribution in [0.5, 0.6) is 0 Å². The zero-order chi connectivity index (χ0) is 23.7. The van der Waals surface area contributed by atoms with Crippen LogP contribution >= 0.6 is 0 Å². The summed E-state index contributed by atoms with van der Waals surface area (Å²) in [5.74, 6) is -0.0737. The van der Waals surface area contributed by atoms with Gasteiger partial charge in [0, 0.05) is 6.42 Å². The minimum Gasteiger partial charge on any atom is -0.394 e. The first-order chi connectivity index (χ1) is 15.7. The number of carbonyl (C=O) groups is 1. The summed E-state index contributed by atoms with van der Waals surface area (Å²) < 4.78 is 0. The van der Waals surface area contributed by atoms with Crippen LogP contribution in [0.25, 0.3) is 0 Å². The third-order valence-electron chi connectivity index (χ3n) is 6.27. The van der Waals surface area contributed by atoms with Crippen molar-refractivity contribution in [3.05, 3.63) is 12.2 Å². The van der Waals surface area contributed by atoms with E-state index < -0.39 is 12.1 Å². The van der Waals surface area contributed by atoms with Crippen molar-refractivity contribution in [3.63, 3.8) is 0 Å². The molecule has 0 aliphatic heterocycles. The van der Waals surface area contributed by atoms with Gasteiger partial charge in [0.05, 0.1) is 18.8 Å². The number of hydrogen-bond donors (Lipinski definition) is 3. The van der Waals surface area contributed by atoms with Gasteiger partial charge in [0.1, 0.15) is 0 Å². The fourth-order valence-corrected chi connectivity index (χ4v) is 4.06. The van der Waals surface area contributed by atoms with Gasteiger partial charge < -0.3 is 15.5 Å². The van der Waals surface area contributed by atoms with E-state index in [1.54, 1.807) is 6.08 Å². The molecule has 0 aromatic rings. The van der Waals surface area contributed by atoms with Crippen LogP contribution < -0.4 is 5.32 Å². The van der Waals surface area contributed by atoms with E-state index in [0.717, 1.165) is 25.7 Å². The van der Waals surface area contributed by atoms with Gasteiger partial charge in [-0.25, -0.2) is 0 Å². The summed E-state index contributed by atoms with van der Waals surface area (Å²) in [5, 5.41) is 22.6. The second-order valence-corrected chi connectivity index (χ2v) is 9.47. The first kappa shape index (κ1) is 31.1. The summed E-state index contributed by atoms with van der Waals surface area (Å²) in [6, 6.07) is -0.611. The Morgan fingerprint density at radius 2 is 1.16 bits per heavy atom. The highest BCUT2D eigenvalue weighted by molar-refractivity contribution is 5.76. The average Bonchev–Trinajstić information content (AvgIpc) is 2.79. The number of carbonyl (C=O) groups excluding carboxylic acids is 1. The van der Waals surface area contributed by atoms with E-state index >= 15 is 0 Å². The molecule has 4 nitrogen and oxygen atoms in total. The normalized spacial score (nSPS) is 13.5. The number of amides is 1. The van der Waals surface area contributed by atoms with Gasteiger partial charge in [0.2, 0.25) is 5.91 Å². The lowest BCUT2D eigenvalue weighted by atomic mass is 10.0. The highest BCUT2D eigenvalue weighted by atomic mass is 16.3. The molecule has 4 heteroatoms. The Morgan fingerprint density at radius 3 is 1.62 bits per heavy atom. The topological polar surface area (TPSA) is 69.6 Å². The summed E-state index contributed by atoms with van der Waals surface area (Å²) in [6.45, 7) is 4.23. The molecule has 32 heavy (non-hydrogen) atoms. The molecule has 0 bridgehead atoms. The Kier molecular flexibility index (Phi) is 24.1. The molecule has 0 spiro atoms. The summed E-state index contributed by atoms with van der Waals surface area (Å²) in [4.78, 5) is 12.1. The first-order valence-corrected chi connectivity index (χ1v) is 13.9. The Morgan fingerprint density at radius 1 is 0.719 bits per heavy atom. The largest absolute Gasteiger partial charge is 0.394 e. The molecule has 3 N–H and O–H groups in total. The van der Waals surface area contributed by atoms with E-state index in [0.29, 0.717) is 6.42 Å². The predicted molar refractivity (Wildman–Crippen MR) is 138 cm³/mol. The molecule has 0 aliphatic carbocycles. The zero-order valence-electron chi connectivity index (χ0n) is 21.5. The maximum atomic E-state index is 12.1. The number of aliphatic hydroxyl groups is 2. The van der Waals surface area contributed by atoms with E-state index in [-0.39, 0.29) is 12.5 Å². The third kappa shape index (κ3) is 21.0. The molecule has 0 unspecified atom stereocenters. The Hall–Kier alpha value is -0.870. The average molecular weight is 454 g/mol. The second kappa shape index (κ2) is 24.8. The molecule has 2 atom stereocenters. The smallest absolute Gasteiger partial charge is 0.220 e. The van der Waals surface area contributed by atoms with Gasteiger partial charge in [-0.1, -0.05) is 129 Å². The minimum atomic E-state index is -0.828. The van der Waals surface area contributed by atoms with Crippen LogP contribution in [-0.4, -0.2) is 34.9 Å². The van der Waals surface area contributed by atoms with Crippen LogP contribution in [0.2, 0.25) is 0 Å². The van der Waals surface area contributed by atoms with Gasteiger partial charge in [-0.2, -0.15) is 0 Å². The maximum Gasteiger partial charge on any atom is 0.220 e. The van der Waals surface area contributed by atoms with Crippen LogP contribution in [-0.2, 0) is 4.79 Å². The van der Waals surface area contributed by atoms with Crippen molar-refractivity contribution in [1.29, 1.82) is 0 Å². The van der Waals surface area contributed by atoms with Gasteiger partial charge in [-0.3, -0.25) is 4.79 Å². The van der Waals surface area contributed by atoms with E-state index in [4.69, 9.17) is 0 Å². The monoisotopic (exact) mass is 453 g/mol. The number of rotatable bonds is 24. The first-order valence-electron chi connectivity index (χ1n) is 13.9. The van der Waals surface area contributed by atoms with Crippen LogP contribution in [0, 0.1) is 0 Å². The lowest BCUT2D eigenvalue weighted by Crippen LogP contribution is -2.45. The maximum absolute atomic E-state index is 12.1. The Bertz CT molecular complexity index is 425. The molecular formula is C28H55NO3. The quantitative estimate of drug-likeness (QED) is 0.107. The summed E-state index contributed by atoms with van der Waals surface area (Å²) in [6.07, 6.45) is 27.1. The fourth-order valence-electron chi connectivity index (χ4n) is 4.06. The lowest BCUT2D eigenvalue weighted by Gasteiger charge is -2.20. The van der Waals surface area contributed by atoms with Gasteiger partial charge >= 0.3 is 0 Å². The highest BCUT2D eigenvalue weighted by Crippen LogP contribution is 2.12. The third-order valence-corrected chi connectivity index (χ3v) is 6.27. The van der Waals surface area contributed by atoms with Crippen molar-refractivity contribution in [2.75, 3.05) is 6.61 Å². The molecule has 190 valence electrons. The number of unbranched alkanes of at least 4 members (excludes halogenated alkanes) is 17. The molecular weight excluding hydrogens is 398 g/mol. The SMILES string of the molecule is CCCCCCCCCCCCC/C=C\[C@@H](O)[C@H](CO)NC(=O)CCCCCCCCC. The number of allylic oxidation sites excluding steroid dienone is 1. The van der Waals surface area contributed by atoms with Crippen molar-refractivity contribution in [2.45, 2.75) is 154 Å². The highest BCUT2D eigenvalue weighted by Gasteiger charge is 2.17. The summed E-state index contributed by atoms with van der Waals surface area (Å²) in [7, 11) is 0. The molecule has 0 aromatic heterocycles. The summed E-state index contributed by atoms with van der Waals surface area (Å²) >= 11 is 0. The van der Waals surface area contributed by atoms with Crippen molar-refractivity contribution in [2.24, 2.45) is 0 Å². The van der Waals surface area contributed by atoms with Crippen molar-refractivity contribution < 1.29 is 15.0 Å². The minimum absolute atomic E-state index is 0.0737. The van der Waals surface area contributed by atoms with Crippen LogP contribution in [0.1, 0.15) is 142 Å². The van der Waals surface area contributed by atoms with Crippen molar-refractivity contribution in [1.82, 2.24) is 5.32 Å². The molecule has 0 rings (SSSR count). The van der Waals surface area contributed by atoms with Gasteiger partial charge in [-0.05, 0) is 19.3 Å². The van der Waals surface area contributed by atoms with Gasteiger partial charge in [-0.15, -0.1) is 0 Å². The molecule has 0 heterocycles. The van der Waals surface area contributed by atoms with E-state index in [1.165, 1.54) is 96.3 Å². The van der Waals surface area contributed by atoms with Crippen molar-refractivity contribution >= 4 is 5.91 Å². The molecule has 0 saturated heterocycles.